The number of hydrogen-bond donors (Lipinski definition) is 1. The van der Waals surface area contributed by atoms with E-state index < -0.39 is 11.6 Å². The number of nitrogens with zero attached hydrogens (tertiary/aromatic N) is 17. The summed E-state index contributed by atoms with van der Waals surface area (Å²) >= 11 is 3.32. The Balaban J connectivity index is 0.000000113. The number of pyridine rings is 4. The molecule has 6 aliphatic rings. The van der Waals surface area contributed by atoms with E-state index in [0.29, 0.717) is 86.5 Å². The Labute approximate surface area is 689 Å². The second kappa shape index (κ2) is 32.8. The van der Waals surface area contributed by atoms with Crippen molar-refractivity contribution in [2.75, 3.05) is 133 Å². The van der Waals surface area contributed by atoms with Gasteiger partial charge in [0.15, 0.2) is 23.1 Å². The van der Waals surface area contributed by atoms with Crippen LogP contribution in [0.25, 0.3) is 88.1 Å². The van der Waals surface area contributed by atoms with E-state index in [4.69, 9.17) is 19.4 Å². The number of likely N-dealkylation sites (N-methyl/N-ethyl adjacent to an activating group) is 1. The zero-order valence-corrected chi connectivity index (χ0v) is 69.6. The average molecular weight is 1630 g/mol. The highest BCUT2D eigenvalue weighted by molar-refractivity contribution is 7.18. The van der Waals surface area contributed by atoms with Gasteiger partial charge in [0.1, 0.15) is 22.6 Å². The molecule has 14 aromatic rings. The monoisotopic (exact) mass is 1630 g/mol. The van der Waals surface area contributed by atoms with Crippen molar-refractivity contribution in [1.82, 2.24) is 67.5 Å². The van der Waals surface area contributed by atoms with Gasteiger partial charge in [-0.2, -0.15) is 0 Å². The van der Waals surface area contributed by atoms with Gasteiger partial charge in [-0.25, -0.2) is 38.7 Å². The minimum absolute atomic E-state index is 0.0445. The third-order valence-electron chi connectivity index (χ3n) is 23.8. The Morgan fingerprint density at radius 3 is 1.31 bits per heavy atom. The minimum Gasteiger partial charge on any atom is -0.494 e. The molecule has 6 fully saturated rings. The van der Waals surface area contributed by atoms with Crippen LogP contribution >= 0.6 is 22.7 Å². The lowest BCUT2D eigenvalue weighted by molar-refractivity contribution is 0.231. The molecule has 6 saturated heterocycles. The second-order valence-corrected chi connectivity index (χ2v) is 35.2. The third-order valence-corrected chi connectivity index (χ3v) is 25.7. The van der Waals surface area contributed by atoms with Gasteiger partial charge >= 0.3 is 0 Å². The zero-order valence-electron chi connectivity index (χ0n) is 68.0. The van der Waals surface area contributed by atoms with E-state index in [2.05, 4.69) is 126 Å². The second-order valence-electron chi connectivity index (χ2n) is 32.7. The number of benzene rings is 4. The Bertz CT molecular complexity index is 6410. The number of nitrogens with one attached hydrogen (secondary N) is 1. The Morgan fingerprint density at radius 2 is 0.890 bits per heavy atom. The van der Waals surface area contributed by atoms with Crippen molar-refractivity contribution < 1.29 is 18.3 Å². The first-order chi connectivity index (χ1) is 56.9. The molecule has 4 atom stereocenters. The SMILES string of the molecule is COc1ccc(-c2cc(=O)n3cc(N4CC[C@@H](N(C)C)C4)ccc3n2)cc1F.COc1ccc(-c2cc(=O)n3cc(N4C[C@@H]5CN(C(C)C)C[C@@H]5C4)ccc3n2)cc1F.Cc1nc2ccc(-c3cc(=O)n4cc(N5CCN6CCC[C@@H]6C5)ccc4n3)cc2s1.Cc1nc2ccc(-c3cc(=O)n4cc(N5CCNC(C)(C)C5)ccc4n3)cc2s1. The summed E-state index contributed by atoms with van der Waals surface area (Å²) in [4.78, 5) is 95.8. The van der Waals surface area contributed by atoms with E-state index in [-0.39, 0.29) is 39.3 Å². The maximum atomic E-state index is 14.1. The summed E-state index contributed by atoms with van der Waals surface area (Å²) in [5, 5.41) is 5.60. The molecule has 20 rings (SSSR count). The number of methoxy groups -OCH3 is 2. The van der Waals surface area contributed by atoms with Crippen molar-refractivity contribution in [3.8, 4) is 56.5 Å². The predicted molar refractivity (Wildman–Crippen MR) is 468 cm³/mol. The summed E-state index contributed by atoms with van der Waals surface area (Å²) < 4.78 is 46.7. The summed E-state index contributed by atoms with van der Waals surface area (Å²) in [5.74, 6) is 0.723. The maximum absolute atomic E-state index is 14.1. The van der Waals surface area contributed by atoms with Crippen LogP contribution in [-0.2, 0) is 0 Å². The molecule has 16 heterocycles. The molecule has 24 nitrogen and oxygen atoms in total. The van der Waals surface area contributed by atoms with Crippen LogP contribution in [0.2, 0.25) is 0 Å². The van der Waals surface area contributed by atoms with Crippen molar-refractivity contribution in [2.24, 2.45) is 11.8 Å². The molecule has 118 heavy (non-hydrogen) atoms. The van der Waals surface area contributed by atoms with Crippen LogP contribution in [0.1, 0.15) is 57.0 Å². The molecular formula is C90H96F2N18O6S2. The first-order valence-corrected chi connectivity index (χ1v) is 42.0. The van der Waals surface area contributed by atoms with Crippen molar-refractivity contribution in [2.45, 2.75) is 84.5 Å². The number of hydrogen-bond acceptors (Lipinski definition) is 22. The number of rotatable bonds is 12. The molecule has 0 aliphatic carbocycles. The average Bonchev–Trinajstić information content (AvgIpc) is 1.11. The van der Waals surface area contributed by atoms with Gasteiger partial charge in [-0.05, 0) is 202 Å². The quantitative estimate of drug-likeness (QED) is 0.120. The molecular weight excluding hydrogens is 1530 g/mol. The van der Waals surface area contributed by atoms with Crippen LogP contribution < -0.4 is 56.6 Å². The standard InChI is InChI=1S/C24H27FN4O2.C23H23N5OS.C22H23N5OS.C21H23FN4O2/c1-15(2)27-10-17-12-28(13-18(17)11-27)19-5-7-23-26-21(9-24(30)29(23)14-19)16-4-6-22(31-3)20(25)8-16;1-15-24-19-6-4-16(11-21(19)30-15)20-12-23(29)28-14-18(5-7-22(28)25-20)27-10-9-26-8-2-3-17(26)13-27;1-14-24-17-6-4-15(10-19(17)29-14)18-11-21(28)27-12-16(5-7-20(27)25-18)26-9-8-23-22(2,3)13-26;1-24(2)15-8-9-25(12-15)16-5-7-20-23-18(11-21(27)26(20)13-16)14-4-6-19(28-3)17(22)10-14/h4-9,14-15,17-18H,10-13H2,1-3H3;4-7,11-12,14,17H,2-3,8-10,13H2,1H3;4-7,10-12,23H,8-9,13H2,1-3H3;4-7,10-11,13,15H,8-9,12H2,1-3H3/t17-,18+;17-;;15-/m.1.1/s1. The van der Waals surface area contributed by atoms with Gasteiger partial charge in [0.25, 0.3) is 22.2 Å². The number of halogens is 2. The van der Waals surface area contributed by atoms with E-state index in [1.807, 2.05) is 99.3 Å². The van der Waals surface area contributed by atoms with Gasteiger partial charge in [-0.15, -0.1) is 22.7 Å². The first kappa shape index (κ1) is 79.1. The summed E-state index contributed by atoms with van der Waals surface area (Å²) in [5.41, 5.74) is 13.4. The first-order valence-electron chi connectivity index (χ1n) is 40.4. The molecule has 0 spiro atoms. The summed E-state index contributed by atoms with van der Waals surface area (Å²) in [7, 11) is 7.01. The molecule has 0 radical (unpaired) electrons. The van der Waals surface area contributed by atoms with E-state index in [0.717, 1.165) is 149 Å². The van der Waals surface area contributed by atoms with E-state index in [9.17, 15) is 28.0 Å². The topological polar surface area (TPSA) is 216 Å². The van der Waals surface area contributed by atoms with Gasteiger partial charge in [0.05, 0.1) is 90.2 Å². The summed E-state index contributed by atoms with van der Waals surface area (Å²) in [6.45, 7) is 26.3. The molecule has 0 unspecified atom stereocenters. The molecule has 0 amide bonds. The number of piperazine rings is 2. The van der Waals surface area contributed by atoms with E-state index in [1.165, 1.54) is 63.9 Å². The van der Waals surface area contributed by atoms with Crippen molar-refractivity contribution in [3.63, 3.8) is 0 Å². The van der Waals surface area contributed by atoms with Crippen LogP contribution in [0.5, 0.6) is 11.5 Å². The lowest BCUT2D eigenvalue weighted by atomic mass is 10.0. The van der Waals surface area contributed by atoms with E-state index in [1.54, 1.807) is 70.6 Å². The van der Waals surface area contributed by atoms with Crippen LogP contribution in [0.3, 0.4) is 0 Å². The Kier molecular flexibility index (Phi) is 22.0. The molecule has 0 bridgehead atoms. The molecule has 608 valence electrons. The highest BCUT2D eigenvalue weighted by Crippen LogP contribution is 2.37. The smallest absolute Gasteiger partial charge is 0.258 e. The fraction of sp³-hybridized carbons (Fsp3) is 0.356. The number of ether oxygens (including phenoxy) is 2. The number of aromatic nitrogens is 10. The van der Waals surface area contributed by atoms with Crippen LogP contribution in [0.4, 0.5) is 31.5 Å². The minimum atomic E-state index is -0.484. The summed E-state index contributed by atoms with van der Waals surface area (Å²) in [6, 6.07) is 45.0. The zero-order chi connectivity index (χ0) is 81.9. The normalized spacial score (nSPS) is 18.7. The lowest BCUT2D eigenvalue weighted by Gasteiger charge is -2.40. The number of anilines is 4. The number of aryl methyl sites for hydroxylation is 2. The highest BCUT2D eigenvalue weighted by Gasteiger charge is 2.41. The number of thiazole rings is 2. The number of likely N-dealkylation sites (tertiary alicyclic amines) is 1. The maximum Gasteiger partial charge on any atom is 0.258 e. The molecule has 10 aromatic heterocycles. The van der Waals surface area contributed by atoms with Crippen LogP contribution in [-0.4, -0.2) is 199 Å². The fourth-order valence-corrected chi connectivity index (χ4v) is 19.1. The van der Waals surface area contributed by atoms with Crippen LogP contribution in [0, 0.1) is 37.3 Å². The van der Waals surface area contributed by atoms with Gasteiger partial charge < -0.3 is 44.2 Å². The number of fused-ring (bicyclic) bond motifs is 8. The fourth-order valence-electron chi connectivity index (χ4n) is 17.4. The highest BCUT2D eigenvalue weighted by atomic mass is 32.1. The van der Waals surface area contributed by atoms with Gasteiger partial charge in [0, 0.05) is 174 Å². The van der Waals surface area contributed by atoms with Gasteiger partial charge in [0.2, 0.25) is 0 Å². The molecule has 6 aliphatic heterocycles. The lowest BCUT2D eigenvalue weighted by Crippen LogP contribution is -2.57. The molecule has 1 N–H and O–H groups in total. The largest absolute Gasteiger partial charge is 0.494 e. The molecule has 28 heteroatoms. The molecule has 4 aromatic carbocycles. The Morgan fingerprint density at radius 1 is 0.466 bits per heavy atom. The predicted octanol–water partition coefficient (Wildman–Crippen LogP) is 13.0. The van der Waals surface area contributed by atoms with Crippen molar-refractivity contribution >= 4 is 88.4 Å². The third kappa shape index (κ3) is 16.5. The van der Waals surface area contributed by atoms with Crippen molar-refractivity contribution in [3.05, 3.63) is 233 Å². The van der Waals surface area contributed by atoms with Gasteiger partial charge in [-0.3, -0.25) is 41.7 Å². The van der Waals surface area contributed by atoms with Crippen LogP contribution in [0.15, 0.2) is 190 Å². The van der Waals surface area contributed by atoms with Crippen molar-refractivity contribution in [1.29, 1.82) is 0 Å². The Hall–Kier alpha value is -11.4. The molecule has 0 saturated carbocycles. The summed E-state index contributed by atoms with van der Waals surface area (Å²) in [6.07, 6.45) is 11.2. The van der Waals surface area contributed by atoms with E-state index >= 15 is 0 Å². The van der Waals surface area contributed by atoms with Gasteiger partial charge in [-0.1, -0.05) is 12.1 Å².